The van der Waals surface area contributed by atoms with E-state index in [0.29, 0.717) is 6.61 Å². The topological polar surface area (TPSA) is 39.2 Å². The first-order valence-electron chi connectivity index (χ1n) is 6.27. The van der Waals surface area contributed by atoms with Crippen molar-refractivity contribution < 1.29 is 9.53 Å². The second kappa shape index (κ2) is 6.14. The molecule has 1 aromatic heterocycles. The second-order valence-electron chi connectivity index (χ2n) is 4.52. The predicted molar refractivity (Wildman–Crippen MR) is 73.7 cm³/mol. The molecule has 0 radical (unpaired) electrons. The lowest BCUT2D eigenvalue weighted by molar-refractivity contribution is -0.144. The van der Waals surface area contributed by atoms with Gasteiger partial charge in [-0.05, 0) is 36.6 Å². The molecule has 0 unspecified atom stereocenters. The molecule has 0 spiro atoms. The van der Waals surface area contributed by atoms with Gasteiger partial charge in [-0.3, -0.25) is 9.78 Å². The van der Waals surface area contributed by atoms with Gasteiger partial charge >= 0.3 is 5.97 Å². The highest BCUT2D eigenvalue weighted by atomic mass is 16.5. The zero-order valence-electron chi connectivity index (χ0n) is 11.2. The Bertz CT molecular complexity index is 564. The SMILES string of the molecule is Cc1ccnc(CC(=O)OCc2ccccc2)c1C. The molecule has 0 aliphatic heterocycles. The average Bonchev–Trinajstić information content (AvgIpc) is 2.43. The van der Waals surface area contributed by atoms with E-state index in [9.17, 15) is 4.79 Å². The third kappa shape index (κ3) is 3.65. The van der Waals surface area contributed by atoms with E-state index in [2.05, 4.69) is 4.98 Å². The third-order valence-corrected chi connectivity index (χ3v) is 3.13. The highest BCUT2D eigenvalue weighted by Crippen LogP contribution is 2.11. The molecule has 19 heavy (non-hydrogen) atoms. The number of carbonyl (C=O) groups is 1. The summed E-state index contributed by atoms with van der Waals surface area (Å²) in [4.78, 5) is 16.0. The maximum Gasteiger partial charge on any atom is 0.312 e. The van der Waals surface area contributed by atoms with Gasteiger partial charge in [0.05, 0.1) is 12.1 Å². The minimum atomic E-state index is -0.245. The first-order valence-corrected chi connectivity index (χ1v) is 6.27. The lowest BCUT2D eigenvalue weighted by Crippen LogP contribution is -2.10. The molecule has 2 rings (SSSR count). The number of aromatic nitrogens is 1. The van der Waals surface area contributed by atoms with Crippen LogP contribution in [0.25, 0.3) is 0 Å². The molecule has 0 fully saturated rings. The van der Waals surface area contributed by atoms with Crippen molar-refractivity contribution in [3.05, 3.63) is 65.0 Å². The summed E-state index contributed by atoms with van der Waals surface area (Å²) in [6.07, 6.45) is 1.95. The quantitative estimate of drug-likeness (QED) is 0.788. The summed E-state index contributed by atoms with van der Waals surface area (Å²) in [5, 5.41) is 0. The smallest absolute Gasteiger partial charge is 0.312 e. The zero-order chi connectivity index (χ0) is 13.7. The largest absolute Gasteiger partial charge is 0.461 e. The maximum absolute atomic E-state index is 11.8. The molecule has 0 atom stereocenters. The van der Waals surface area contributed by atoms with Crippen LogP contribution in [0.1, 0.15) is 22.4 Å². The summed E-state index contributed by atoms with van der Waals surface area (Å²) in [6, 6.07) is 11.6. The van der Waals surface area contributed by atoms with Gasteiger partial charge in [-0.2, -0.15) is 0 Å². The Kier molecular flexibility index (Phi) is 4.29. The van der Waals surface area contributed by atoms with E-state index < -0.39 is 0 Å². The van der Waals surface area contributed by atoms with Crippen molar-refractivity contribution in [2.24, 2.45) is 0 Å². The molecule has 0 N–H and O–H groups in total. The number of benzene rings is 1. The minimum absolute atomic E-state index is 0.223. The van der Waals surface area contributed by atoms with Crippen LogP contribution in [0.5, 0.6) is 0 Å². The van der Waals surface area contributed by atoms with Crippen molar-refractivity contribution in [2.75, 3.05) is 0 Å². The van der Waals surface area contributed by atoms with Crippen molar-refractivity contribution in [3.8, 4) is 0 Å². The van der Waals surface area contributed by atoms with Gasteiger partial charge < -0.3 is 4.74 Å². The average molecular weight is 255 g/mol. The van der Waals surface area contributed by atoms with Gasteiger partial charge in [0.15, 0.2) is 0 Å². The molecular formula is C16H17NO2. The molecule has 0 saturated carbocycles. The third-order valence-electron chi connectivity index (χ3n) is 3.13. The van der Waals surface area contributed by atoms with Crippen LogP contribution in [0.2, 0.25) is 0 Å². The van der Waals surface area contributed by atoms with Crippen molar-refractivity contribution in [1.82, 2.24) is 4.98 Å². The van der Waals surface area contributed by atoms with Gasteiger partial charge in [0.1, 0.15) is 6.61 Å². The second-order valence-corrected chi connectivity index (χ2v) is 4.52. The van der Waals surface area contributed by atoms with E-state index in [-0.39, 0.29) is 12.4 Å². The summed E-state index contributed by atoms with van der Waals surface area (Å²) in [5.41, 5.74) is 3.97. The van der Waals surface area contributed by atoms with Crippen LogP contribution in [-0.2, 0) is 22.6 Å². The Balaban J connectivity index is 1.93. The lowest BCUT2D eigenvalue weighted by atomic mass is 10.1. The predicted octanol–water partition coefficient (Wildman–Crippen LogP) is 2.98. The molecule has 2 aromatic rings. The minimum Gasteiger partial charge on any atom is -0.461 e. The van der Waals surface area contributed by atoms with Gasteiger partial charge in [0.2, 0.25) is 0 Å². The van der Waals surface area contributed by atoms with Gasteiger partial charge in [0, 0.05) is 6.20 Å². The van der Waals surface area contributed by atoms with Crippen molar-refractivity contribution in [3.63, 3.8) is 0 Å². The fourth-order valence-electron chi connectivity index (χ4n) is 1.79. The first-order chi connectivity index (χ1) is 9.16. The van der Waals surface area contributed by atoms with E-state index in [4.69, 9.17) is 4.74 Å². The van der Waals surface area contributed by atoms with Crippen LogP contribution in [0.3, 0.4) is 0 Å². The summed E-state index contributed by atoms with van der Waals surface area (Å²) in [5.74, 6) is -0.245. The van der Waals surface area contributed by atoms with Crippen molar-refractivity contribution >= 4 is 5.97 Å². The van der Waals surface area contributed by atoms with Crippen LogP contribution in [0.15, 0.2) is 42.6 Å². The highest BCUT2D eigenvalue weighted by molar-refractivity contribution is 5.72. The summed E-state index contributed by atoms with van der Waals surface area (Å²) < 4.78 is 5.25. The summed E-state index contributed by atoms with van der Waals surface area (Å²) >= 11 is 0. The van der Waals surface area contributed by atoms with Crippen LogP contribution in [-0.4, -0.2) is 11.0 Å². The maximum atomic E-state index is 11.8. The van der Waals surface area contributed by atoms with E-state index in [1.54, 1.807) is 6.20 Å². The monoisotopic (exact) mass is 255 g/mol. The normalized spacial score (nSPS) is 10.2. The molecule has 3 heteroatoms. The molecule has 0 amide bonds. The fraction of sp³-hybridized carbons (Fsp3) is 0.250. The molecule has 0 saturated heterocycles. The summed E-state index contributed by atoms with van der Waals surface area (Å²) in [7, 11) is 0. The number of esters is 1. The van der Waals surface area contributed by atoms with Gasteiger partial charge in [-0.15, -0.1) is 0 Å². The van der Waals surface area contributed by atoms with Crippen molar-refractivity contribution in [2.45, 2.75) is 26.9 Å². The Morgan fingerprint density at radius 3 is 2.63 bits per heavy atom. The van der Waals surface area contributed by atoms with Crippen LogP contribution in [0, 0.1) is 13.8 Å². The molecule has 3 nitrogen and oxygen atoms in total. The number of hydrogen-bond donors (Lipinski definition) is 0. The van der Waals surface area contributed by atoms with Crippen LogP contribution >= 0.6 is 0 Å². The highest BCUT2D eigenvalue weighted by Gasteiger charge is 2.09. The molecular weight excluding hydrogens is 238 g/mol. The van der Waals surface area contributed by atoms with Crippen LogP contribution in [0.4, 0.5) is 0 Å². The van der Waals surface area contributed by atoms with Gasteiger partial charge in [-0.25, -0.2) is 0 Å². The van der Waals surface area contributed by atoms with Gasteiger partial charge in [-0.1, -0.05) is 30.3 Å². The Labute approximate surface area is 113 Å². The standard InChI is InChI=1S/C16H17NO2/c1-12-8-9-17-15(13(12)2)10-16(18)19-11-14-6-4-3-5-7-14/h3-9H,10-11H2,1-2H3. The number of aryl methyl sites for hydroxylation is 1. The number of carbonyl (C=O) groups excluding carboxylic acids is 1. The fourth-order valence-corrected chi connectivity index (χ4v) is 1.79. The Hall–Kier alpha value is -2.16. The number of nitrogens with zero attached hydrogens (tertiary/aromatic N) is 1. The van der Waals surface area contributed by atoms with E-state index in [1.807, 2.05) is 50.2 Å². The lowest BCUT2D eigenvalue weighted by Gasteiger charge is -2.08. The molecule has 0 aliphatic rings. The van der Waals surface area contributed by atoms with Crippen LogP contribution < -0.4 is 0 Å². The van der Waals surface area contributed by atoms with E-state index in [0.717, 1.165) is 22.4 Å². The zero-order valence-corrected chi connectivity index (χ0v) is 11.2. The van der Waals surface area contributed by atoms with Gasteiger partial charge in [0.25, 0.3) is 0 Å². The number of rotatable bonds is 4. The molecule has 98 valence electrons. The number of ether oxygens (including phenoxy) is 1. The molecule has 1 aromatic carbocycles. The Morgan fingerprint density at radius 1 is 1.16 bits per heavy atom. The molecule has 1 heterocycles. The first kappa shape index (κ1) is 13.3. The molecule has 0 bridgehead atoms. The number of pyridine rings is 1. The number of hydrogen-bond acceptors (Lipinski definition) is 3. The Morgan fingerprint density at radius 2 is 1.89 bits per heavy atom. The summed E-state index contributed by atoms with van der Waals surface area (Å²) in [6.45, 7) is 4.29. The van der Waals surface area contributed by atoms with E-state index >= 15 is 0 Å². The molecule has 0 aliphatic carbocycles. The van der Waals surface area contributed by atoms with E-state index in [1.165, 1.54) is 0 Å². The van der Waals surface area contributed by atoms with Crippen molar-refractivity contribution in [1.29, 1.82) is 0 Å².